The van der Waals surface area contributed by atoms with Gasteiger partial charge in [0.1, 0.15) is 17.2 Å². The van der Waals surface area contributed by atoms with Crippen molar-refractivity contribution in [3.8, 4) is 5.75 Å². The number of likely N-dealkylation sites (tertiary alicyclic amines) is 1. The number of hydrogen-bond donors (Lipinski definition) is 1. The van der Waals surface area contributed by atoms with Gasteiger partial charge >= 0.3 is 6.09 Å². The van der Waals surface area contributed by atoms with Crippen LogP contribution >= 0.6 is 0 Å². The zero-order valence-corrected chi connectivity index (χ0v) is 24.1. The quantitative estimate of drug-likeness (QED) is 0.366. The van der Waals surface area contributed by atoms with E-state index in [0.717, 1.165) is 63.1 Å². The first-order chi connectivity index (χ1) is 19.7. The first-order valence-electron chi connectivity index (χ1n) is 14.4. The lowest BCUT2D eigenvalue weighted by molar-refractivity contribution is -0.198. The minimum absolute atomic E-state index is 0.0820. The lowest BCUT2D eigenvalue weighted by Crippen LogP contribution is -2.45. The molecule has 2 aromatic rings. The van der Waals surface area contributed by atoms with Crippen molar-refractivity contribution in [3.05, 3.63) is 59.3 Å². The molecule has 0 aliphatic carbocycles. The highest BCUT2D eigenvalue weighted by atomic mass is 16.8. The Labute approximate surface area is 241 Å². The number of hydrogen-bond acceptors (Lipinski definition) is 8. The molecule has 220 valence electrons. The number of nitrogens with one attached hydrogen (secondary N) is 1. The number of fused-ring (bicyclic) bond motifs is 1. The van der Waals surface area contributed by atoms with Crippen molar-refractivity contribution in [2.24, 2.45) is 0 Å². The summed E-state index contributed by atoms with van der Waals surface area (Å²) in [5, 5.41) is 0. The fourth-order valence-electron chi connectivity index (χ4n) is 5.28. The predicted octanol–water partition coefficient (Wildman–Crippen LogP) is 4.62. The van der Waals surface area contributed by atoms with Gasteiger partial charge in [-0.2, -0.15) is 0 Å². The number of amides is 2. The molecule has 0 saturated carbocycles. The second kappa shape index (κ2) is 13.0. The lowest BCUT2D eigenvalue weighted by Gasteiger charge is -2.31. The van der Waals surface area contributed by atoms with E-state index in [1.54, 1.807) is 23.2 Å². The van der Waals surface area contributed by atoms with Crippen molar-refractivity contribution in [1.29, 1.82) is 0 Å². The fourth-order valence-corrected chi connectivity index (χ4v) is 5.28. The minimum Gasteiger partial charge on any atom is -0.493 e. The van der Waals surface area contributed by atoms with Crippen molar-refractivity contribution in [1.82, 2.24) is 15.4 Å². The average Bonchev–Trinajstić information content (AvgIpc) is 3.60. The van der Waals surface area contributed by atoms with E-state index >= 15 is 0 Å². The summed E-state index contributed by atoms with van der Waals surface area (Å²) in [5.74, 6) is 1.11. The van der Waals surface area contributed by atoms with Crippen LogP contribution in [0.4, 0.5) is 10.6 Å². The summed E-state index contributed by atoms with van der Waals surface area (Å²) >= 11 is 0. The third-order valence-corrected chi connectivity index (χ3v) is 7.24. The van der Waals surface area contributed by atoms with Crippen LogP contribution in [0.3, 0.4) is 0 Å². The van der Waals surface area contributed by atoms with Gasteiger partial charge in [0.15, 0.2) is 6.29 Å². The molecule has 1 aromatic carbocycles. The van der Waals surface area contributed by atoms with Gasteiger partial charge < -0.3 is 14.2 Å². The summed E-state index contributed by atoms with van der Waals surface area (Å²) in [6.07, 6.45) is 8.37. The standard InChI is InChI=1S/C31H40N4O6/c1-31(2,3)40-30(37)35(25-13-15-34(21-25)20-23-7-10-26-24(18-23)14-17-38-26)27-11-8-22(19-32-27)9-12-28(36)33-41-29-6-4-5-16-39-29/h7-12,18-19,25,29H,4-6,13-17,20-21H2,1-3H3,(H,33,36)/t25-,29?/m1/s1. The van der Waals surface area contributed by atoms with Crippen molar-refractivity contribution < 1.29 is 28.6 Å². The molecule has 5 rings (SSSR count). The summed E-state index contributed by atoms with van der Waals surface area (Å²) in [7, 11) is 0. The molecule has 1 N–H and O–H groups in total. The number of ether oxygens (including phenoxy) is 3. The first kappa shape index (κ1) is 29.0. The Balaban J connectivity index is 1.22. The minimum atomic E-state index is -0.638. The summed E-state index contributed by atoms with van der Waals surface area (Å²) in [6.45, 7) is 9.34. The molecule has 2 atom stereocenters. The molecular weight excluding hydrogens is 524 g/mol. The largest absolute Gasteiger partial charge is 0.493 e. The third kappa shape index (κ3) is 8.06. The molecule has 2 fully saturated rings. The topological polar surface area (TPSA) is 102 Å². The van der Waals surface area contributed by atoms with Gasteiger partial charge in [-0.25, -0.2) is 20.1 Å². The highest BCUT2D eigenvalue weighted by Crippen LogP contribution is 2.29. The maximum absolute atomic E-state index is 13.4. The van der Waals surface area contributed by atoms with E-state index in [4.69, 9.17) is 19.0 Å². The molecule has 1 unspecified atom stereocenters. The number of aromatic nitrogens is 1. The predicted molar refractivity (Wildman–Crippen MR) is 154 cm³/mol. The summed E-state index contributed by atoms with van der Waals surface area (Å²) in [4.78, 5) is 39.5. The van der Waals surface area contributed by atoms with Crippen molar-refractivity contribution in [3.63, 3.8) is 0 Å². The Kier molecular flexibility index (Phi) is 9.22. The van der Waals surface area contributed by atoms with Gasteiger partial charge in [-0.3, -0.25) is 14.6 Å². The summed E-state index contributed by atoms with van der Waals surface area (Å²) < 4.78 is 16.9. The van der Waals surface area contributed by atoms with Crippen LogP contribution in [0.2, 0.25) is 0 Å². The van der Waals surface area contributed by atoms with Crippen LogP contribution in [0.15, 0.2) is 42.6 Å². The molecule has 2 saturated heterocycles. The number of carbonyl (C=O) groups is 2. The smallest absolute Gasteiger partial charge is 0.416 e. The number of anilines is 1. The maximum atomic E-state index is 13.4. The van der Waals surface area contributed by atoms with E-state index in [1.165, 1.54) is 17.2 Å². The van der Waals surface area contributed by atoms with Crippen molar-refractivity contribution in [2.75, 3.05) is 31.2 Å². The SMILES string of the molecule is CC(C)(C)OC(=O)N(c1ccc(C=CC(=O)NOC2CCCCO2)cn1)[C@@H]1CCN(Cc2ccc3c(c2)CCO3)C1. The highest BCUT2D eigenvalue weighted by molar-refractivity contribution is 5.91. The van der Waals surface area contributed by atoms with Crippen LogP contribution in [0.5, 0.6) is 5.75 Å². The number of carbonyl (C=O) groups excluding carboxylic acids is 2. The Hall–Kier alpha value is -3.47. The van der Waals surface area contributed by atoms with Gasteiger partial charge in [-0.1, -0.05) is 12.1 Å². The molecule has 4 heterocycles. The molecule has 3 aliphatic heterocycles. The van der Waals surface area contributed by atoms with E-state index in [0.29, 0.717) is 19.0 Å². The van der Waals surface area contributed by atoms with Crippen LogP contribution in [0, 0.1) is 0 Å². The molecule has 41 heavy (non-hydrogen) atoms. The number of pyridine rings is 1. The van der Waals surface area contributed by atoms with Gasteiger partial charge in [-0.15, -0.1) is 0 Å². The zero-order chi connectivity index (χ0) is 28.8. The Morgan fingerprint density at radius 1 is 1.17 bits per heavy atom. The molecular formula is C31H40N4O6. The number of hydroxylamine groups is 1. The Bertz CT molecular complexity index is 1240. The first-order valence-corrected chi connectivity index (χ1v) is 14.4. The van der Waals surface area contributed by atoms with E-state index in [1.807, 2.05) is 26.8 Å². The molecule has 1 aromatic heterocycles. The van der Waals surface area contributed by atoms with Crippen LogP contribution < -0.4 is 15.1 Å². The van der Waals surface area contributed by atoms with Crippen molar-refractivity contribution >= 4 is 23.9 Å². The van der Waals surface area contributed by atoms with Crippen LogP contribution in [0.1, 0.15) is 63.1 Å². The van der Waals surface area contributed by atoms with Gasteiger partial charge in [0.05, 0.1) is 12.6 Å². The number of nitrogens with zero attached hydrogens (tertiary/aromatic N) is 3. The number of benzene rings is 1. The Morgan fingerprint density at radius 2 is 2.05 bits per heavy atom. The zero-order valence-electron chi connectivity index (χ0n) is 24.1. The Morgan fingerprint density at radius 3 is 2.80 bits per heavy atom. The van der Waals surface area contributed by atoms with E-state index < -0.39 is 18.0 Å². The lowest BCUT2D eigenvalue weighted by atomic mass is 10.1. The van der Waals surface area contributed by atoms with Gasteiger partial charge in [-0.05, 0) is 81.0 Å². The molecule has 2 amide bonds. The van der Waals surface area contributed by atoms with Crippen LogP contribution in [-0.4, -0.2) is 66.1 Å². The average molecular weight is 565 g/mol. The van der Waals surface area contributed by atoms with E-state index in [-0.39, 0.29) is 11.9 Å². The summed E-state index contributed by atoms with van der Waals surface area (Å²) in [5.41, 5.74) is 4.99. The molecule has 3 aliphatic rings. The van der Waals surface area contributed by atoms with Gasteiger partial charge in [0, 0.05) is 51.4 Å². The van der Waals surface area contributed by atoms with E-state index in [2.05, 4.69) is 33.6 Å². The second-order valence-electron chi connectivity index (χ2n) is 11.7. The monoisotopic (exact) mass is 564 g/mol. The molecule has 0 radical (unpaired) electrons. The van der Waals surface area contributed by atoms with Crippen LogP contribution in [-0.2, 0) is 32.1 Å². The maximum Gasteiger partial charge on any atom is 0.416 e. The molecule has 10 heteroatoms. The second-order valence-corrected chi connectivity index (χ2v) is 11.7. The van der Waals surface area contributed by atoms with Crippen molar-refractivity contribution in [2.45, 2.75) is 77.4 Å². The van der Waals surface area contributed by atoms with E-state index in [9.17, 15) is 9.59 Å². The highest BCUT2D eigenvalue weighted by Gasteiger charge is 2.35. The number of rotatable bonds is 8. The normalized spacial score (nSPS) is 21.0. The van der Waals surface area contributed by atoms with Gasteiger partial charge in [0.2, 0.25) is 0 Å². The third-order valence-electron chi connectivity index (χ3n) is 7.24. The van der Waals surface area contributed by atoms with Crippen LogP contribution in [0.25, 0.3) is 6.08 Å². The van der Waals surface area contributed by atoms with Gasteiger partial charge in [0.25, 0.3) is 5.91 Å². The summed E-state index contributed by atoms with van der Waals surface area (Å²) in [6, 6.07) is 9.94. The fraction of sp³-hybridized carbons (Fsp3) is 0.516. The molecule has 0 bridgehead atoms. The molecule has 10 nitrogen and oxygen atoms in total. The molecule has 0 spiro atoms.